The predicted octanol–water partition coefficient (Wildman–Crippen LogP) is 5.11. The zero-order valence-electron chi connectivity index (χ0n) is 10.8. The van der Waals surface area contributed by atoms with Gasteiger partial charge in [0.05, 0.1) is 15.7 Å². The van der Waals surface area contributed by atoms with Gasteiger partial charge in [-0.25, -0.2) is 9.97 Å². The molecule has 0 saturated carbocycles. The molecule has 106 valence electrons. The van der Waals surface area contributed by atoms with Gasteiger partial charge in [-0.1, -0.05) is 36.2 Å². The molecule has 1 aromatic carbocycles. The molecule has 0 atom stereocenters. The van der Waals surface area contributed by atoms with E-state index in [2.05, 4.69) is 43.5 Å². The summed E-state index contributed by atoms with van der Waals surface area (Å²) in [6.07, 6.45) is 2.50. The van der Waals surface area contributed by atoms with Gasteiger partial charge in [-0.3, -0.25) is 0 Å². The van der Waals surface area contributed by atoms with Crippen LogP contribution in [0.4, 0.5) is 17.3 Å². The number of hydrogen-bond donors (Lipinski definition) is 2. The quantitative estimate of drug-likeness (QED) is 0.762. The number of nitrogens with one attached hydrogen (secondary N) is 2. The van der Waals surface area contributed by atoms with Crippen molar-refractivity contribution in [2.24, 2.45) is 0 Å². The van der Waals surface area contributed by atoms with Gasteiger partial charge in [-0.2, -0.15) is 0 Å². The minimum absolute atomic E-state index is 0.461. The van der Waals surface area contributed by atoms with Gasteiger partial charge in [0.25, 0.3) is 0 Å². The molecular weight excluding hydrogens is 363 g/mol. The Hall–Kier alpha value is -1.04. The summed E-state index contributed by atoms with van der Waals surface area (Å²) in [7, 11) is 0. The van der Waals surface area contributed by atoms with Crippen LogP contribution in [0.3, 0.4) is 0 Å². The van der Waals surface area contributed by atoms with Crippen molar-refractivity contribution in [2.75, 3.05) is 17.2 Å². The first-order valence-electron chi connectivity index (χ1n) is 6.09. The number of benzene rings is 1. The predicted molar refractivity (Wildman–Crippen MR) is 88.3 cm³/mol. The molecule has 0 unspecified atom stereocenters. The van der Waals surface area contributed by atoms with E-state index in [1.54, 1.807) is 6.07 Å². The van der Waals surface area contributed by atoms with Gasteiger partial charge in [-0.05, 0) is 34.5 Å². The first-order chi connectivity index (χ1) is 9.63. The number of anilines is 3. The van der Waals surface area contributed by atoms with Gasteiger partial charge >= 0.3 is 0 Å². The summed E-state index contributed by atoms with van der Waals surface area (Å²) in [6, 6.07) is 5.39. The lowest BCUT2D eigenvalue weighted by molar-refractivity contribution is 0.962. The average molecular weight is 376 g/mol. The van der Waals surface area contributed by atoms with E-state index < -0.39 is 0 Å². The monoisotopic (exact) mass is 374 g/mol. The van der Waals surface area contributed by atoms with Crippen molar-refractivity contribution < 1.29 is 0 Å². The van der Waals surface area contributed by atoms with Crippen LogP contribution in [-0.4, -0.2) is 16.5 Å². The maximum atomic E-state index is 6.15. The normalized spacial score (nSPS) is 10.4. The van der Waals surface area contributed by atoms with Crippen LogP contribution < -0.4 is 10.6 Å². The number of nitrogens with zero attached hydrogens (tertiary/aromatic N) is 2. The summed E-state index contributed by atoms with van der Waals surface area (Å²) in [6.45, 7) is 2.93. The van der Waals surface area contributed by atoms with Crippen LogP contribution in [0.2, 0.25) is 10.0 Å². The maximum Gasteiger partial charge on any atom is 0.150 e. The Kier molecular flexibility index (Phi) is 5.46. The van der Waals surface area contributed by atoms with E-state index in [1.165, 1.54) is 6.33 Å². The Morgan fingerprint density at radius 1 is 1.20 bits per heavy atom. The van der Waals surface area contributed by atoms with E-state index in [0.29, 0.717) is 21.6 Å². The van der Waals surface area contributed by atoms with E-state index in [4.69, 9.17) is 23.2 Å². The first kappa shape index (κ1) is 15.4. The highest BCUT2D eigenvalue weighted by Gasteiger charge is 2.11. The molecule has 4 nitrogen and oxygen atoms in total. The Morgan fingerprint density at radius 2 is 1.95 bits per heavy atom. The molecule has 1 heterocycles. The molecule has 0 aliphatic heterocycles. The summed E-state index contributed by atoms with van der Waals surface area (Å²) < 4.78 is 0.754. The van der Waals surface area contributed by atoms with Crippen molar-refractivity contribution in [2.45, 2.75) is 13.3 Å². The van der Waals surface area contributed by atoms with Crippen LogP contribution in [0.1, 0.15) is 13.3 Å². The molecule has 0 radical (unpaired) electrons. The number of halogens is 3. The molecule has 20 heavy (non-hydrogen) atoms. The van der Waals surface area contributed by atoms with Crippen LogP contribution in [0.5, 0.6) is 0 Å². The van der Waals surface area contributed by atoms with Gasteiger partial charge in [0.15, 0.2) is 0 Å². The maximum absolute atomic E-state index is 6.15. The third kappa shape index (κ3) is 3.53. The van der Waals surface area contributed by atoms with Gasteiger partial charge in [0.2, 0.25) is 0 Å². The molecular formula is C13H13BrCl2N4. The zero-order valence-corrected chi connectivity index (χ0v) is 13.8. The zero-order chi connectivity index (χ0) is 14.5. The summed E-state index contributed by atoms with van der Waals surface area (Å²) in [4.78, 5) is 8.39. The topological polar surface area (TPSA) is 49.8 Å². The van der Waals surface area contributed by atoms with E-state index >= 15 is 0 Å². The molecule has 7 heteroatoms. The molecule has 0 spiro atoms. The lowest BCUT2D eigenvalue weighted by Gasteiger charge is -2.12. The largest absolute Gasteiger partial charge is 0.369 e. The molecule has 0 fully saturated rings. The van der Waals surface area contributed by atoms with Gasteiger partial charge in [0, 0.05) is 6.54 Å². The third-order valence-corrected chi connectivity index (χ3v) is 4.11. The average Bonchev–Trinajstić information content (AvgIpc) is 2.44. The summed E-state index contributed by atoms with van der Waals surface area (Å²) in [5, 5.41) is 7.31. The highest BCUT2D eigenvalue weighted by atomic mass is 79.9. The molecule has 2 aromatic rings. The lowest BCUT2D eigenvalue weighted by atomic mass is 10.3. The van der Waals surface area contributed by atoms with E-state index in [9.17, 15) is 0 Å². The summed E-state index contributed by atoms with van der Waals surface area (Å²) in [5.74, 6) is 1.37. The van der Waals surface area contributed by atoms with Crippen LogP contribution in [0.15, 0.2) is 29.0 Å². The molecule has 2 rings (SSSR count). The molecule has 0 bridgehead atoms. The van der Waals surface area contributed by atoms with Crippen LogP contribution in [0.25, 0.3) is 0 Å². The highest BCUT2D eigenvalue weighted by molar-refractivity contribution is 9.10. The Labute approximate surface area is 136 Å². The Balaban J connectivity index is 2.27. The van der Waals surface area contributed by atoms with E-state index in [0.717, 1.165) is 23.3 Å². The summed E-state index contributed by atoms with van der Waals surface area (Å²) in [5.41, 5.74) is 0.694. The fourth-order valence-corrected chi connectivity index (χ4v) is 2.34. The molecule has 0 saturated heterocycles. The van der Waals surface area contributed by atoms with E-state index in [1.807, 2.05) is 12.1 Å². The minimum atomic E-state index is 0.461. The SMILES string of the molecule is CCCNc1ncnc(Nc2cccc(Cl)c2Cl)c1Br. The van der Waals surface area contributed by atoms with Crippen molar-refractivity contribution in [1.29, 1.82) is 0 Å². The van der Waals surface area contributed by atoms with Gasteiger partial charge in [-0.15, -0.1) is 0 Å². The second-order valence-electron chi connectivity index (χ2n) is 4.04. The minimum Gasteiger partial charge on any atom is -0.369 e. The number of rotatable bonds is 5. The number of hydrogen-bond acceptors (Lipinski definition) is 4. The van der Waals surface area contributed by atoms with E-state index in [-0.39, 0.29) is 0 Å². The van der Waals surface area contributed by atoms with Crippen LogP contribution in [0, 0.1) is 0 Å². The molecule has 0 aliphatic rings. The summed E-state index contributed by atoms with van der Waals surface area (Å²) >= 11 is 15.6. The number of aromatic nitrogens is 2. The smallest absolute Gasteiger partial charge is 0.150 e. The van der Waals surface area contributed by atoms with Crippen molar-refractivity contribution in [3.05, 3.63) is 39.0 Å². The van der Waals surface area contributed by atoms with Crippen LogP contribution in [-0.2, 0) is 0 Å². The fourth-order valence-electron chi connectivity index (χ4n) is 1.55. The molecule has 2 N–H and O–H groups in total. The fraction of sp³-hybridized carbons (Fsp3) is 0.231. The van der Waals surface area contributed by atoms with Crippen molar-refractivity contribution in [3.63, 3.8) is 0 Å². The standard InChI is InChI=1S/C13H13BrCl2N4/c1-2-6-17-12-10(14)13(19-7-18-12)20-9-5-3-4-8(15)11(9)16/h3-5,7H,2,6H2,1H3,(H2,17,18,19,20). The van der Waals surface area contributed by atoms with Gasteiger partial charge in [0.1, 0.15) is 22.4 Å². The molecule has 0 amide bonds. The van der Waals surface area contributed by atoms with Crippen LogP contribution >= 0.6 is 39.1 Å². The third-order valence-electron chi connectivity index (χ3n) is 2.54. The first-order valence-corrected chi connectivity index (χ1v) is 7.63. The molecule has 1 aromatic heterocycles. The molecule has 0 aliphatic carbocycles. The Morgan fingerprint density at radius 3 is 2.70 bits per heavy atom. The van der Waals surface area contributed by atoms with Crippen molar-refractivity contribution in [3.8, 4) is 0 Å². The highest BCUT2D eigenvalue weighted by Crippen LogP contribution is 2.34. The second-order valence-corrected chi connectivity index (χ2v) is 5.62. The van der Waals surface area contributed by atoms with Crippen molar-refractivity contribution in [1.82, 2.24) is 9.97 Å². The Bertz CT molecular complexity index is 607. The lowest BCUT2D eigenvalue weighted by Crippen LogP contribution is -2.05. The van der Waals surface area contributed by atoms with Crippen molar-refractivity contribution >= 4 is 56.5 Å². The second kappa shape index (κ2) is 7.11. The van der Waals surface area contributed by atoms with Gasteiger partial charge < -0.3 is 10.6 Å².